The van der Waals surface area contributed by atoms with Crippen molar-refractivity contribution in [2.24, 2.45) is 0 Å². The monoisotopic (exact) mass is 307 g/mol. The molecule has 102 valence electrons. The summed E-state index contributed by atoms with van der Waals surface area (Å²) in [6, 6.07) is 7.62. The summed E-state index contributed by atoms with van der Waals surface area (Å²) in [4.78, 5) is 12.2. The van der Waals surface area contributed by atoms with Crippen LogP contribution in [0.1, 0.15) is 31.2 Å². The van der Waals surface area contributed by atoms with Crippen LogP contribution in [0.15, 0.2) is 24.3 Å². The second-order valence-electron chi connectivity index (χ2n) is 4.27. The van der Waals surface area contributed by atoms with Gasteiger partial charge in [-0.05, 0) is 31.5 Å². The van der Waals surface area contributed by atoms with Crippen LogP contribution in [0.4, 0.5) is 0 Å². The second kappa shape index (κ2) is 7.39. The maximum atomic E-state index is 12.2. The van der Waals surface area contributed by atoms with E-state index in [0.717, 1.165) is 24.8 Å². The van der Waals surface area contributed by atoms with Gasteiger partial charge in [-0.2, -0.15) is 13.5 Å². The third-order valence-electron chi connectivity index (χ3n) is 3.44. The van der Waals surface area contributed by atoms with Gasteiger partial charge in [-0.15, -0.1) is 12.4 Å². The molecule has 1 aliphatic rings. The van der Waals surface area contributed by atoms with Crippen molar-refractivity contribution >= 4 is 43.3 Å². The molecule has 1 atom stereocenters. The zero-order chi connectivity index (χ0) is 11.6. The van der Waals surface area contributed by atoms with Gasteiger partial charge in [0.05, 0.1) is 0 Å². The van der Waals surface area contributed by atoms with Gasteiger partial charge in [-0.3, -0.25) is 4.79 Å². The van der Waals surface area contributed by atoms with E-state index in [-0.39, 0.29) is 31.7 Å². The molecule has 1 saturated carbocycles. The number of halogens is 2. The molecule has 0 aromatic heterocycles. The summed E-state index contributed by atoms with van der Waals surface area (Å²) >= 11 is 6.20. The molecule has 0 amide bonds. The number of carbonyl (C=O) groups is 1. The fourth-order valence-electron chi connectivity index (χ4n) is 2.52. The minimum absolute atomic E-state index is 0. The average Bonchev–Trinajstić information content (AvgIpc) is 2.31. The third-order valence-corrected chi connectivity index (χ3v) is 3.77. The van der Waals surface area contributed by atoms with Gasteiger partial charge in [0.1, 0.15) is 5.54 Å². The molecule has 1 N–H and O–H groups in total. The molecular weight excluding hydrogens is 289 g/mol. The van der Waals surface area contributed by atoms with Crippen molar-refractivity contribution in [3.8, 4) is 0 Å². The van der Waals surface area contributed by atoms with E-state index in [0.29, 0.717) is 11.4 Å². The van der Waals surface area contributed by atoms with Gasteiger partial charge < -0.3 is 5.32 Å². The molecule has 0 aliphatic heterocycles. The van der Waals surface area contributed by atoms with Crippen molar-refractivity contribution in [2.45, 2.75) is 31.2 Å². The summed E-state index contributed by atoms with van der Waals surface area (Å²) in [6.07, 6.45) is 3.54. The fourth-order valence-corrected chi connectivity index (χ4v) is 2.82. The first-order valence-electron chi connectivity index (χ1n) is 5.68. The Morgan fingerprint density at radius 1 is 1.28 bits per heavy atom. The highest BCUT2D eigenvalue weighted by molar-refractivity contribution is 7.59. The van der Waals surface area contributed by atoms with Crippen LogP contribution >= 0.6 is 37.5 Å². The Morgan fingerprint density at radius 2 is 1.94 bits per heavy atom. The molecule has 0 unspecified atom stereocenters. The van der Waals surface area contributed by atoms with Crippen molar-refractivity contribution in [3.63, 3.8) is 0 Å². The number of Topliss-reactive ketones (excluding diaryl/α,β-unsaturated/α-hetero) is 1. The van der Waals surface area contributed by atoms with Crippen LogP contribution in [0.25, 0.3) is 0 Å². The van der Waals surface area contributed by atoms with Crippen molar-refractivity contribution in [2.75, 3.05) is 7.05 Å². The minimum Gasteiger partial charge on any atom is -0.304 e. The SMILES string of the molecule is CN[C@]1(c2ccccc2Cl)CCCCC1=O.Cl.S. The highest BCUT2D eigenvalue weighted by Gasteiger charge is 2.40. The van der Waals surface area contributed by atoms with Crippen LogP contribution < -0.4 is 5.32 Å². The predicted molar refractivity (Wildman–Crippen MR) is 83.3 cm³/mol. The van der Waals surface area contributed by atoms with Crippen LogP contribution in [0.5, 0.6) is 0 Å². The average molecular weight is 308 g/mol. The number of hydrogen-bond donors (Lipinski definition) is 1. The van der Waals surface area contributed by atoms with E-state index in [2.05, 4.69) is 5.32 Å². The van der Waals surface area contributed by atoms with Crippen LogP contribution in [-0.2, 0) is 10.3 Å². The van der Waals surface area contributed by atoms with Crippen LogP contribution in [0, 0.1) is 0 Å². The van der Waals surface area contributed by atoms with E-state index in [1.54, 1.807) is 0 Å². The van der Waals surface area contributed by atoms with Gasteiger partial charge in [0.15, 0.2) is 5.78 Å². The summed E-state index contributed by atoms with van der Waals surface area (Å²) < 4.78 is 0. The fraction of sp³-hybridized carbons (Fsp3) is 0.462. The van der Waals surface area contributed by atoms with E-state index in [1.165, 1.54) is 0 Å². The number of nitrogens with one attached hydrogen (secondary N) is 1. The molecule has 2 rings (SSSR count). The smallest absolute Gasteiger partial charge is 0.157 e. The van der Waals surface area contributed by atoms with Crippen molar-refractivity contribution in [1.29, 1.82) is 0 Å². The Morgan fingerprint density at radius 3 is 2.50 bits per heavy atom. The summed E-state index contributed by atoms with van der Waals surface area (Å²) in [6.45, 7) is 0. The van der Waals surface area contributed by atoms with Crippen molar-refractivity contribution in [3.05, 3.63) is 34.9 Å². The van der Waals surface area contributed by atoms with Crippen LogP contribution in [0.3, 0.4) is 0 Å². The molecule has 0 saturated heterocycles. The van der Waals surface area contributed by atoms with Gasteiger partial charge >= 0.3 is 0 Å². The number of carbonyl (C=O) groups excluding carboxylic acids is 1. The molecule has 2 nitrogen and oxygen atoms in total. The maximum Gasteiger partial charge on any atom is 0.157 e. The summed E-state index contributed by atoms with van der Waals surface area (Å²) in [5.74, 6) is 0.259. The predicted octanol–water partition coefficient (Wildman–Crippen LogP) is 3.43. The first kappa shape index (κ1) is 17.8. The lowest BCUT2D eigenvalue weighted by Crippen LogP contribution is -2.49. The van der Waals surface area contributed by atoms with Gasteiger partial charge in [0, 0.05) is 11.4 Å². The van der Waals surface area contributed by atoms with Gasteiger partial charge in [-0.25, -0.2) is 0 Å². The van der Waals surface area contributed by atoms with E-state index in [9.17, 15) is 4.79 Å². The molecule has 1 aliphatic carbocycles. The third kappa shape index (κ3) is 3.02. The lowest BCUT2D eigenvalue weighted by molar-refractivity contribution is -0.127. The molecule has 0 radical (unpaired) electrons. The molecular formula is C13H19Cl2NOS. The minimum atomic E-state index is -0.559. The Labute approximate surface area is 126 Å². The topological polar surface area (TPSA) is 29.1 Å². The van der Waals surface area contributed by atoms with E-state index < -0.39 is 5.54 Å². The molecule has 18 heavy (non-hydrogen) atoms. The van der Waals surface area contributed by atoms with E-state index >= 15 is 0 Å². The van der Waals surface area contributed by atoms with Gasteiger partial charge in [0.2, 0.25) is 0 Å². The van der Waals surface area contributed by atoms with E-state index in [4.69, 9.17) is 11.6 Å². The number of benzene rings is 1. The van der Waals surface area contributed by atoms with Crippen LogP contribution in [0.2, 0.25) is 5.02 Å². The zero-order valence-corrected chi connectivity index (χ0v) is 12.9. The van der Waals surface area contributed by atoms with Gasteiger partial charge in [-0.1, -0.05) is 36.2 Å². The number of likely N-dealkylation sites (N-methyl/N-ethyl adjacent to an activating group) is 1. The molecule has 5 heteroatoms. The molecule has 0 bridgehead atoms. The number of ketones is 1. The molecule has 1 fully saturated rings. The second-order valence-corrected chi connectivity index (χ2v) is 4.67. The summed E-state index contributed by atoms with van der Waals surface area (Å²) in [5, 5.41) is 3.86. The molecule has 0 heterocycles. The first-order valence-corrected chi connectivity index (χ1v) is 6.06. The van der Waals surface area contributed by atoms with E-state index in [1.807, 2.05) is 31.3 Å². The Balaban J connectivity index is 0.00000144. The highest BCUT2D eigenvalue weighted by Crippen LogP contribution is 2.37. The lowest BCUT2D eigenvalue weighted by atomic mass is 9.75. The maximum absolute atomic E-state index is 12.2. The van der Waals surface area contributed by atoms with Crippen molar-refractivity contribution in [1.82, 2.24) is 5.32 Å². The lowest BCUT2D eigenvalue weighted by Gasteiger charge is -2.36. The quantitative estimate of drug-likeness (QED) is 0.907. The highest BCUT2D eigenvalue weighted by atomic mass is 35.5. The zero-order valence-electron chi connectivity index (χ0n) is 10.3. The largest absolute Gasteiger partial charge is 0.304 e. The van der Waals surface area contributed by atoms with Gasteiger partial charge in [0.25, 0.3) is 0 Å². The Bertz CT molecular complexity index is 414. The summed E-state index contributed by atoms with van der Waals surface area (Å²) in [5.41, 5.74) is 0.361. The van der Waals surface area contributed by atoms with Crippen molar-refractivity contribution < 1.29 is 4.79 Å². The molecule has 0 spiro atoms. The molecule has 1 aromatic carbocycles. The molecule has 1 aromatic rings. The normalized spacial score (nSPS) is 22.9. The first-order chi connectivity index (χ1) is 7.70. The van der Waals surface area contributed by atoms with Crippen LogP contribution in [-0.4, -0.2) is 12.8 Å². The Kier molecular flexibility index (Phi) is 7.30. The standard InChI is InChI=1S/C13H16ClNO.ClH.H2S/c1-15-13(9-5-4-8-12(13)16)10-6-2-3-7-11(10)14;;/h2-3,6-7,15H,4-5,8-9H2,1H3;1H;1H2/t13-;;/m0../s1. The number of hydrogen-bond acceptors (Lipinski definition) is 2. The summed E-state index contributed by atoms with van der Waals surface area (Å²) in [7, 11) is 1.84. The Hall–Kier alpha value is -0.220. The number of rotatable bonds is 2.